The van der Waals surface area contributed by atoms with Gasteiger partial charge in [-0.3, -0.25) is 14.3 Å². The van der Waals surface area contributed by atoms with E-state index in [-0.39, 0.29) is 11.3 Å². The van der Waals surface area contributed by atoms with Crippen LogP contribution < -0.4 is 16.0 Å². The Morgan fingerprint density at radius 1 is 1.20 bits per heavy atom. The predicted molar refractivity (Wildman–Crippen MR) is 89.2 cm³/mol. The van der Waals surface area contributed by atoms with Gasteiger partial charge in [-0.25, -0.2) is 9.59 Å². The van der Waals surface area contributed by atoms with Crippen molar-refractivity contribution >= 4 is 5.97 Å². The zero-order valence-electron chi connectivity index (χ0n) is 14.6. The summed E-state index contributed by atoms with van der Waals surface area (Å²) in [6, 6.07) is 2.95. The molecule has 2 aromatic rings. The molecule has 0 fully saturated rings. The van der Waals surface area contributed by atoms with Crippen LogP contribution in [0.5, 0.6) is 5.75 Å². The van der Waals surface area contributed by atoms with Crippen molar-refractivity contribution in [1.29, 1.82) is 0 Å². The Morgan fingerprint density at radius 2 is 1.84 bits per heavy atom. The van der Waals surface area contributed by atoms with Gasteiger partial charge in [0.2, 0.25) is 5.82 Å². The van der Waals surface area contributed by atoms with Gasteiger partial charge in [0.25, 0.3) is 5.56 Å². The minimum Gasteiger partial charge on any atom is -0.496 e. The first-order chi connectivity index (χ1) is 11.6. The van der Waals surface area contributed by atoms with E-state index < -0.39 is 28.5 Å². The van der Waals surface area contributed by atoms with Crippen molar-refractivity contribution in [3.8, 4) is 11.4 Å². The zero-order chi connectivity index (χ0) is 18.9. The molecule has 1 aromatic heterocycles. The number of ether oxygens (including phenoxy) is 2. The van der Waals surface area contributed by atoms with Crippen LogP contribution in [-0.4, -0.2) is 29.7 Å². The summed E-state index contributed by atoms with van der Waals surface area (Å²) in [5, 5.41) is 0. The fourth-order valence-corrected chi connectivity index (χ4v) is 2.43. The summed E-state index contributed by atoms with van der Waals surface area (Å²) in [5.41, 5.74) is -1.48. The van der Waals surface area contributed by atoms with Crippen LogP contribution in [0.25, 0.3) is 5.69 Å². The summed E-state index contributed by atoms with van der Waals surface area (Å²) in [6.07, 6.45) is 0.774. The fraction of sp³-hybridized carbons (Fsp3) is 0.353. The van der Waals surface area contributed by atoms with Crippen LogP contribution in [0.3, 0.4) is 0 Å². The number of hydrogen-bond donors (Lipinski definition) is 1. The molecule has 0 radical (unpaired) electrons. The van der Waals surface area contributed by atoms with E-state index in [1.165, 1.54) is 20.3 Å². The number of halogens is 1. The Hall–Kier alpha value is -2.90. The first kappa shape index (κ1) is 18.4. The average molecular weight is 350 g/mol. The number of carbonyl (C=O) groups is 1. The van der Waals surface area contributed by atoms with E-state index in [0.29, 0.717) is 11.3 Å². The summed E-state index contributed by atoms with van der Waals surface area (Å²) >= 11 is 0. The van der Waals surface area contributed by atoms with Gasteiger partial charge in [-0.2, -0.15) is 4.39 Å². The Morgan fingerprint density at radius 3 is 2.36 bits per heavy atom. The van der Waals surface area contributed by atoms with Crippen LogP contribution >= 0.6 is 0 Å². The average Bonchev–Trinajstić information content (AvgIpc) is 2.55. The molecule has 0 spiro atoms. The van der Waals surface area contributed by atoms with Gasteiger partial charge in [-0.15, -0.1) is 0 Å². The van der Waals surface area contributed by atoms with Crippen LogP contribution in [-0.2, 0) is 10.2 Å². The minimum absolute atomic E-state index is 0.0888. The molecule has 2 rings (SSSR count). The molecule has 7 nitrogen and oxygen atoms in total. The first-order valence-corrected chi connectivity index (χ1v) is 7.42. The SMILES string of the molecule is COC(=O)c1cc(-n2cc(F)c(=O)[nH]c2=O)cc(C(C)(C)C)c1OC. The van der Waals surface area contributed by atoms with E-state index in [1.54, 1.807) is 6.07 Å². The van der Waals surface area contributed by atoms with Gasteiger partial charge in [-0.05, 0) is 17.5 Å². The van der Waals surface area contributed by atoms with Gasteiger partial charge >= 0.3 is 11.7 Å². The molecular formula is C17H19FN2O5. The highest BCUT2D eigenvalue weighted by atomic mass is 19.1. The van der Waals surface area contributed by atoms with Crippen molar-refractivity contribution in [1.82, 2.24) is 9.55 Å². The number of carbonyl (C=O) groups excluding carboxylic acids is 1. The highest BCUT2D eigenvalue weighted by Gasteiger charge is 2.26. The number of H-pyrrole nitrogens is 1. The Bertz CT molecular complexity index is 938. The second-order valence-electron chi connectivity index (χ2n) is 6.42. The van der Waals surface area contributed by atoms with Crippen LogP contribution in [0, 0.1) is 5.82 Å². The third kappa shape index (κ3) is 3.47. The fourth-order valence-electron chi connectivity index (χ4n) is 2.43. The van der Waals surface area contributed by atoms with Gasteiger partial charge in [0, 0.05) is 5.56 Å². The number of aromatic amines is 1. The predicted octanol–water partition coefficient (Wildman–Crippen LogP) is 1.76. The number of esters is 1. The Balaban J connectivity index is 2.89. The molecule has 0 atom stereocenters. The van der Waals surface area contributed by atoms with Gasteiger partial charge in [0.05, 0.1) is 26.1 Å². The van der Waals surface area contributed by atoms with Crippen LogP contribution in [0.1, 0.15) is 36.7 Å². The minimum atomic E-state index is -1.12. The molecule has 1 heterocycles. The van der Waals surface area contributed by atoms with Crippen LogP contribution in [0.4, 0.5) is 4.39 Å². The Kier molecular flexibility index (Phi) is 4.82. The highest BCUT2D eigenvalue weighted by molar-refractivity contribution is 5.94. The maximum absolute atomic E-state index is 13.6. The molecule has 0 amide bonds. The number of benzene rings is 1. The molecule has 0 bridgehead atoms. The molecule has 25 heavy (non-hydrogen) atoms. The number of hydrogen-bond acceptors (Lipinski definition) is 5. The van der Waals surface area contributed by atoms with Gasteiger partial charge < -0.3 is 9.47 Å². The molecular weight excluding hydrogens is 331 g/mol. The summed E-state index contributed by atoms with van der Waals surface area (Å²) in [7, 11) is 2.64. The van der Waals surface area contributed by atoms with Crippen molar-refractivity contribution in [3.63, 3.8) is 0 Å². The molecule has 0 aliphatic carbocycles. The van der Waals surface area contributed by atoms with Gasteiger partial charge in [0.1, 0.15) is 11.3 Å². The molecule has 134 valence electrons. The van der Waals surface area contributed by atoms with Gasteiger partial charge in [-0.1, -0.05) is 20.8 Å². The summed E-state index contributed by atoms with van der Waals surface area (Å²) < 4.78 is 24.7. The number of rotatable bonds is 3. The normalized spacial score (nSPS) is 11.3. The highest BCUT2D eigenvalue weighted by Crippen LogP contribution is 2.36. The zero-order valence-corrected chi connectivity index (χ0v) is 14.6. The molecule has 0 aliphatic rings. The van der Waals surface area contributed by atoms with Crippen LogP contribution in [0.15, 0.2) is 27.9 Å². The second-order valence-corrected chi connectivity index (χ2v) is 6.42. The standard InChI is InChI=1S/C17H19FN2O5/c1-17(2,3)11-7-9(6-10(13(11)24-4)15(22)25-5)20-8-12(18)14(21)19-16(20)23/h6-8H,1-5H3,(H,19,21,23). The molecule has 0 saturated carbocycles. The summed E-state index contributed by atoms with van der Waals surface area (Å²) in [5.74, 6) is -1.48. The largest absolute Gasteiger partial charge is 0.496 e. The number of nitrogens with zero attached hydrogens (tertiary/aromatic N) is 1. The quantitative estimate of drug-likeness (QED) is 0.852. The first-order valence-electron chi connectivity index (χ1n) is 7.42. The lowest BCUT2D eigenvalue weighted by molar-refractivity contribution is 0.0596. The van der Waals surface area contributed by atoms with E-state index in [4.69, 9.17) is 9.47 Å². The maximum atomic E-state index is 13.6. The lowest BCUT2D eigenvalue weighted by Gasteiger charge is -2.24. The van der Waals surface area contributed by atoms with Crippen molar-refractivity contribution < 1.29 is 18.7 Å². The van der Waals surface area contributed by atoms with Crippen LogP contribution in [0.2, 0.25) is 0 Å². The third-order valence-electron chi connectivity index (χ3n) is 3.67. The molecule has 8 heteroatoms. The van der Waals surface area contributed by atoms with Crippen molar-refractivity contribution in [2.45, 2.75) is 26.2 Å². The number of aromatic nitrogens is 2. The van der Waals surface area contributed by atoms with Crippen molar-refractivity contribution in [2.75, 3.05) is 14.2 Å². The number of nitrogens with one attached hydrogen (secondary N) is 1. The Labute approximate surface area is 143 Å². The number of methoxy groups -OCH3 is 2. The topological polar surface area (TPSA) is 90.4 Å². The third-order valence-corrected chi connectivity index (χ3v) is 3.67. The van der Waals surface area contributed by atoms with E-state index in [2.05, 4.69) is 0 Å². The lowest BCUT2D eigenvalue weighted by Crippen LogP contribution is -2.30. The molecule has 0 aliphatic heterocycles. The van der Waals surface area contributed by atoms with Crippen molar-refractivity contribution in [3.05, 3.63) is 56.1 Å². The monoisotopic (exact) mass is 350 g/mol. The molecule has 0 unspecified atom stereocenters. The van der Waals surface area contributed by atoms with Gasteiger partial charge in [0.15, 0.2) is 0 Å². The summed E-state index contributed by atoms with van der Waals surface area (Å²) in [4.78, 5) is 37.3. The molecule has 0 saturated heterocycles. The van der Waals surface area contributed by atoms with Crippen molar-refractivity contribution in [2.24, 2.45) is 0 Å². The smallest absolute Gasteiger partial charge is 0.341 e. The molecule has 1 aromatic carbocycles. The molecule has 1 N–H and O–H groups in total. The maximum Gasteiger partial charge on any atom is 0.341 e. The lowest BCUT2D eigenvalue weighted by atomic mass is 9.84. The second kappa shape index (κ2) is 6.54. The van der Waals surface area contributed by atoms with E-state index in [9.17, 15) is 18.8 Å². The van der Waals surface area contributed by atoms with E-state index in [0.717, 1.165) is 10.8 Å². The van der Waals surface area contributed by atoms with E-state index in [1.807, 2.05) is 25.8 Å². The summed E-state index contributed by atoms with van der Waals surface area (Å²) in [6.45, 7) is 5.68. The van der Waals surface area contributed by atoms with E-state index >= 15 is 0 Å².